The van der Waals surface area contributed by atoms with Gasteiger partial charge in [-0.05, 0) is 31.9 Å². The lowest BCUT2D eigenvalue weighted by atomic mass is 10.1. The molecule has 1 aliphatic rings. The van der Waals surface area contributed by atoms with Gasteiger partial charge in [0, 0.05) is 40.1 Å². The first-order valence-electron chi connectivity index (χ1n) is 6.33. The van der Waals surface area contributed by atoms with Crippen molar-refractivity contribution >= 4 is 22.2 Å². The van der Waals surface area contributed by atoms with Crippen LogP contribution in [-0.4, -0.2) is 28.4 Å². The summed E-state index contributed by atoms with van der Waals surface area (Å²) in [7, 11) is -0.615. The summed E-state index contributed by atoms with van der Waals surface area (Å²) in [6.45, 7) is 2.55. The molecule has 1 aromatic carbocycles. The molecule has 0 bridgehead atoms. The third kappa shape index (κ3) is 3.38. The van der Waals surface area contributed by atoms with E-state index in [9.17, 15) is 4.21 Å². The number of hydrogen-bond acceptors (Lipinski definition) is 4. The Kier molecular flexibility index (Phi) is 4.47. The molecule has 0 aromatic heterocycles. The summed E-state index contributed by atoms with van der Waals surface area (Å²) in [4.78, 5) is 0. The second-order valence-electron chi connectivity index (χ2n) is 4.45. The summed E-state index contributed by atoms with van der Waals surface area (Å²) in [6.07, 6.45) is 1.92. The van der Waals surface area contributed by atoms with E-state index in [-0.39, 0.29) is 0 Å². The molecule has 0 unspecified atom stereocenters. The van der Waals surface area contributed by atoms with E-state index in [1.165, 1.54) is 0 Å². The molecule has 1 aliphatic heterocycles. The summed E-state index contributed by atoms with van der Waals surface area (Å²) < 4.78 is 16.8. The minimum absolute atomic E-state index is 0.404. The van der Waals surface area contributed by atoms with Gasteiger partial charge >= 0.3 is 0 Å². The molecule has 0 radical (unpaired) electrons. The summed E-state index contributed by atoms with van der Waals surface area (Å²) in [5.74, 6) is 2.32. The third-order valence-electron chi connectivity index (χ3n) is 3.07. The van der Waals surface area contributed by atoms with Gasteiger partial charge in [0.05, 0.1) is 12.3 Å². The first-order chi connectivity index (χ1) is 8.69. The lowest BCUT2D eigenvalue weighted by Crippen LogP contribution is -2.29. The van der Waals surface area contributed by atoms with Crippen molar-refractivity contribution < 1.29 is 8.95 Å². The van der Waals surface area contributed by atoms with Gasteiger partial charge in [-0.15, -0.1) is 0 Å². The van der Waals surface area contributed by atoms with E-state index in [1.54, 1.807) is 0 Å². The largest absolute Gasteiger partial charge is 0.492 e. The monoisotopic (exact) mass is 268 g/mol. The number of hydrogen-bond donors (Lipinski definition) is 2. The SMILES string of the molecule is CCOc1cc(NC2CCS(=O)CC2)ccc1N. The zero-order valence-electron chi connectivity index (χ0n) is 10.6. The molecule has 18 heavy (non-hydrogen) atoms. The van der Waals surface area contributed by atoms with Crippen LogP contribution in [0.5, 0.6) is 5.75 Å². The number of nitrogens with two attached hydrogens (primary N) is 1. The molecule has 100 valence electrons. The van der Waals surface area contributed by atoms with Gasteiger partial charge in [-0.2, -0.15) is 0 Å². The van der Waals surface area contributed by atoms with E-state index in [0.29, 0.717) is 18.3 Å². The molecule has 1 aromatic rings. The van der Waals surface area contributed by atoms with E-state index >= 15 is 0 Å². The van der Waals surface area contributed by atoms with E-state index in [2.05, 4.69) is 5.32 Å². The fourth-order valence-electron chi connectivity index (χ4n) is 2.08. The van der Waals surface area contributed by atoms with Crippen molar-refractivity contribution in [1.82, 2.24) is 0 Å². The molecule has 0 aliphatic carbocycles. The van der Waals surface area contributed by atoms with Crippen LogP contribution in [0.25, 0.3) is 0 Å². The Balaban J connectivity index is 2.00. The zero-order chi connectivity index (χ0) is 13.0. The fourth-order valence-corrected chi connectivity index (χ4v) is 3.38. The summed E-state index contributed by atoms with van der Waals surface area (Å²) >= 11 is 0. The smallest absolute Gasteiger partial charge is 0.144 e. The number of rotatable bonds is 4. The number of anilines is 2. The van der Waals surface area contributed by atoms with Crippen LogP contribution in [0.15, 0.2) is 18.2 Å². The maximum absolute atomic E-state index is 11.3. The third-order valence-corrected chi connectivity index (χ3v) is 4.45. The van der Waals surface area contributed by atoms with Gasteiger partial charge in [-0.1, -0.05) is 0 Å². The second kappa shape index (κ2) is 6.09. The maximum Gasteiger partial charge on any atom is 0.144 e. The van der Waals surface area contributed by atoms with Gasteiger partial charge in [-0.3, -0.25) is 4.21 Å². The van der Waals surface area contributed by atoms with Gasteiger partial charge in [0.2, 0.25) is 0 Å². The normalized spacial score (nSPS) is 23.6. The van der Waals surface area contributed by atoms with E-state index in [4.69, 9.17) is 10.5 Å². The van der Waals surface area contributed by atoms with Crippen molar-refractivity contribution in [3.8, 4) is 5.75 Å². The highest BCUT2D eigenvalue weighted by molar-refractivity contribution is 7.85. The Morgan fingerprint density at radius 1 is 1.44 bits per heavy atom. The van der Waals surface area contributed by atoms with Crippen molar-refractivity contribution in [2.24, 2.45) is 0 Å². The average Bonchev–Trinajstić information content (AvgIpc) is 2.37. The van der Waals surface area contributed by atoms with Crippen LogP contribution in [0.2, 0.25) is 0 Å². The van der Waals surface area contributed by atoms with Crippen molar-refractivity contribution in [2.75, 3.05) is 29.2 Å². The fraction of sp³-hybridized carbons (Fsp3) is 0.538. The second-order valence-corrected chi connectivity index (χ2v) is 6.15. The molecule has 2 rings (SSSR count). The predicted molar refractivity (Wildman–Crippen MR) is 76.5 cm³/mol. The Hall–Kier alpha value is -1.23. The Morgan fingerprint density at radius 3 is 2.83 bits per heavy atom. The van der Waals surface area contributed by atoms with E-state index in [0.717, 1.165) is 35.8 Å². The van der Waals surface area contributed by atoms with Crippen molar-refractivity contribution in [3.05, 3.63) is 18.2 Å². The van der Waals surface area contributed by atoms with Crippen LogP contribution >= 0.6 is 0 Å². The first kappa shape index (κ1) is 13.2. The lowest BCUT2D eigenvalue weighted by molar-refractivity contribution is 0.342. The highest BCUT2D eigenvalue weighted by Gasteiger charge is 2.17. The molecular formula is C13H20N2O2S. The standard InChI is InChI=1S/C13H20N2O2S/c1-2-17-13-9-11(3-4-12(13)14)15-10-5-7-18(16)8-6-10/h3-4,9-10,15H,2,5-8,14H2,1H3. The minimum Gasteiger partial charge on any atom is -0.492 e. The molecule has 1 saturated heterocycles. The molecule has 5 heteroatoms. The molecule has 0 amide bonds. The number of nitrogen functional groups attached to an aromatic ring is 1. The van der Waals surface area contributed by atoms with Gasteiger partial charge in [0.25, 0.3) is 0 Å². The molecule has 1 fully saturated rings. The van der Waals surface area contributed by atoms with E-state index in [1.807, 2.05) is 25.1 Å². The summed E-state index contributed by atoms with van der Waals surface area (Å²) in [5, 5.41) is 3.46. The van der Waals surface area contributed by atoms with Crippen LogP contribution in [0, 0.1) is 0 Å². The zero-order valence-corrected chi connectivity index (χ0v) is 11.5. The molecule has 3 N–H and O–H groups in total. The van der Waals surface area contributed by atoms with Gasteiger partial charge in [-0.25, -0.2) is 0 Å². The van der Waals surface area contributed by atoms with Crippen molar-refractivity contribution in [1.29, 1.82) is 0 Å². The average molecular weight is 268 g/mol. The molecule has 4 nitrogen and oxygen atoms in total. The lowest BCUT2D eigenvalue weighted by Gasteiger charge is -2.24. The molecule has 0 spiro atoms. The molecule has 0 saturated carbocycles. The summed E-state index contributed by atoms with van der Waals surface area (Å²) in [6, 6.07) is 6.16. The van der Waals surface area contributed by atoms with Crippen molar-refractivity contribution in [2.45, 2.75) is 25.8 Å². The van der Waals surface area contributed by atoms with Crippen LogP contribution in [-0.2, 0) is 10.8 Å². The van der Waals surface area contributed by atoms with Gasteiger partial charge < -0.3 is 15.8 Å². The number of ether oxygens (including phenoxy) is 1. The highest BCUT2D eigenvalue weighted by atomic mass is 32.2. The van der Waals surface area contributed by atoms with Crippen LogP contribution in [0.4, 0.5) is 11.4 Å². The quantitative estimate of drug-likeness (QED) is 0.820. The topological polar surface area (TPSA) is 64.3 Å². The first-order valence-corrected chi connectivity index (χ1v) is 7.81. The van der Waals surface area contributed by atoms with Crippen molar-refractivity contribution in [3.63, 3.8) is 0 Å². The molecule has 1 heterocycles. The maximum atomic E-state index is 11.3. The Labute approximate surface area is 110 Å². The predicted octanol–water partition coefficient (Wildman–Crippen LogP) is 1.99. The number of benzene rings is 1. The molecular weight excluding hydrogens is 248 g/mol. The highest BCUT2D eigenvalue weighted by Crippen LogP contribution is 2.27. The minimum atomic E-state index is -0.615. The van der Waals surface area contributed by atoms with E-state index < -0.39 is 10.8 Å². The summed E-state index contributed by atoms with van der Waals surface area (Å²) in [5.41, 5.74) is 7.51. The Morgan fingerprint density at radius 2 is 2.17 bits per heavy atom. The Bertz CT molecular complexity index is 427. The van der Waals surface area contributed by atoms with Gasteiger partial charge in [0.1, 0.15) is 5.75 Å². The van der Waals surface area contributed by atoms with Crippen LogP contribution in [0.1, 0.15) is 19.8 Å². The molecule has 0 atom stereocenters. The van der Waals surface area contributed by atoms with Gasteiger partial charge in [0.15, 0.2) is 0 Å². The van der Waals surface area contributed by atoms with Crippen LogP contribution in [0.3, 0.4) is 0 Å². The number of nitrogens with one attached hydrogen (secondary N) is 1. The van der Waals surface area contributed by atoms with Crippen LogP contribution < -0.4 is 15.8 Å².